The summed E-state index contributed by atoms with van der Waals surface area (Å²) in [6.45, 7) is 3.08. The van der Waals surface area contributed by atoms with Gasteiger partial charge in [-0.2, -0.15) is 0 Å². The fourth-order valence-electron chi connectivity index (χ4n) is 3.93. The van der Waals surface area contributed by atoms with Gasteiger partial charge >= 0.3 is 0 Å². The Morgan fingerprint density at radius 3 is 2.90 bits per heavy atom. The molecule has 1 spiro atoms. The van der Waals surface area contributed by atoms with E-state index < -0.39 is 6.10 Å². The van der Waals surface area contributed by atoms with Crippen molar-refractivity contribution in [3.05, 3.63) is 29.6 Å². The molecule has 20 heavy (non-hydrogen) atoms. The van der Waals surface area contributed by atoms with Crippen LogP contribution in [-0.2, 0) is 0 Å². The van der Waals surface area contributed by atoms with Crippen molar-refractivity contribution >= 4 is 0 Å². The first-order chi connectivity index (χ1) is 9.56. The molecule has 2 heterocycles. The van der Waals surface area contributed by atoms with Crippen LogP contribution in [0.3, 0.4) is 0 Å². The van der Waals surface area contributed by atoms with Gasteiger partial charge in [0, 0.05) is 43.1 Å². The molecule has 2 fully saturated rings. The summed E-state index contributed by atoms with van der Waals surface area (Å²) in [6, 6.07) is 5.60. The lowest BCUT2D eigenvalue weighted by molar-refractivity contribution is -0.00801. The molecule has 4 rings (SSSR count). The molecule has 1 saturated heterocycles. The van der Waals surface area contributed by atoms with E-state index in [1.54, 1.807) is 6.07 Å². The Morgan fingerprint density at radius 1 is 1.35 bits per heavy atom. The summed E-state index contributed by atoms with van der Waals surface area (Å²) in [5.74, 6) is 0.215. The number of hydrogen-bond acceptors (Lipinski definition) is 3. The molecule has 108 valence electrons. The van der Waals surface area contributed by atoms with Crippen molar-refractivity contribution in [2.45, 2.75) is 56.4 Å². The average molecular weight is 277 g/mol. The minimum Gasteiger partial charge on any atom is -0.485 e. The molecule has 0 radical (unpaired) electrons. The highest BCUT2D eigenvalue weighted by Gasteiger charge is 2.51. The lowest BCUT2D eigenvalue weighted by atomic mass is 9.87. The summed E-state index contributed by atoms with van der Waals surface area (Å²) in [5.41, 5.74) is 0.372. The molecule has 0 bridgehead atoms. The molecule has 0 aromatic heterocycles. The molecule has 1 aromatic carbocycles. The first-order valence-electron chi connectivity index (χ1n) is 7.49. The van der Waals surface area contributed by atoms with E-state index >= 15 is 0 Å². The monoisotopic (exact) mass is 277 g/mol. The number of benzene rings is 1. The van der Waals surface area contributed by atoms with Gasteiger partial charge in [-0.15, -0.1) is 0 Å². The predicted octanol–water partition coefficient (Wildman–Crippen LogP) is 2.64. The van der Waals surface area contributed by atoms with Gasteiger partial charge in [0.2, 0.25) is 0 Å². The van der Waals surface area contributed by atoms with Gasteiger partial charge in [0.25, 0.3) is 0 Å². The van der Waals surface area contributed by atoms with Crippen LogP contribution in [0.5, 0.6) is 5.75 Å². The molecule has 4 heteroatoms. The number of aliphatic hydroxyl groups is 1. The predicted molar refractivity (Wildman–Crippen MR) is 73.1 cm³/mol. The maximum absolute atomic E-state index is 13.4. The van der Waals surface area contributed by atoms with E-state index in [0.29, 0.717) is 24.3 Å². The molecule has 1 N–H and O–H groups in total. The third-order valence-corrected chi connectivity index (χ3v) is 4.95. The maximum atomic E-state index is 13.4. The van der Waals surface area contributed by atoms with Crippen LogP contribution in [0.4, 0.5) is 4.39 Å². The Hall–Kier alpha value is -1.13. The zero-order valence-corrected chi connectivity index (χ0v) is 11.7. The Balaban J connectivity index is 1.65. The van der Waals surface area contributed by atoms with Crippen molar-refractivity contribution in [1.82, 2.24) is 4.90 Å². The van der Waals surface area contributed by atoms with Crippen LogP contribution in [0.2, 0.25) is 0 Å². The van der Waals surface area contributed by atoms with Crippen molar-refractivity contribution < 1.29 is 14.2 Å². The van der Waals surface area contributed by atoms with Gasteiger partial charge in [0.1, 0.15) is 17.2 Å². The number of ether oxygens (including phenoxy) is 1. The van der Waals surface area contributed by atoms with E-state index in [1.165, 1.54) is 25.0 Å². The second-order valence-electron chi connectivity index (χ2n) is 6.64. The number of fused-ring (bicyclic) bond motifs is 1. The zero-order chi connectivity index (χ0) is 13.9. The molecule has 3 nitrogen and oxygen atoms in total. The van der Waals surface area contributed by atoms with Crippen LogP contribution in [0.25, 0.3) is 0 Å². The Morgan fingerprint density at radius 2 is 2.15 bits per heavy atom. The SMILES string of the molecule is CC1CC2(C[C@@H](O)c3ccc(F)cc3O2)CN1C1CC1. The van der Waals surface area contributed by atoms with Gasteiger partial charge in [0.05, 0.1) is 6.10 Å². The van der Waals surface area contributed by atoms with Crippen LogP contribution in [0.1, 0.15) is 44.3 Å². The minimum absolute atomic E-state index is 0.307. The molecule has 3 atom stereocenters. The van der Waals surface area contributed by atoms with Crippen molar-refractivity contribution in [2.75, 3.05) is 6.54 Å². The van der Waals surface area contributed by atoms with Gasteiger partial charge in [-0.25, -0.2) is 4.39 Å². The molecule has 2 aliphatic heterocycles. The van der Waals surface area contributed by atoms with Crippen LogP contribution in [-0.4, -0.2) is 34.2 Å². The van der Waals surface area contributed by atoms with Crippen LogP contribution < -0.4 is 4.74 Å². The summed E-state index contributed by atoms with van der Waals surface area (Å²) in [7, 11) is 0. The fraction of sp³-hybridized carbons (Fsp3) is 0.625. The number of rotatable bonds is 1. The largest absolute Gasteiger partial charge is 0.485 e. The van der Waals surface area contributed by atoms with Crippen molar-refractivity contribution in [2.24, 2.45) is 0 Å². The van der Waals surface area contributed by atoms with Crippen molar-refractivity contribution in [1.29, 1.82) is 0 Å². The van der Waals surface area contributed by atoms with Gasteiger partial charge in [0.15, 0.2) is 0 Å². The fourth-order valence-corrected chi connectivity index (χ4v) is 3.93. The zero-order valence-electron chi connectivity index (χ0n) is 11.7. The lowest BCUT2D eigenvalue weighted by Gasteiger charge is -2.38. The molecule has 3 aliphatic rings. The summed E-state index contributed by atoms with van der Waals surface area (Å²) >= 11 is 0. The molecule has 2 unspecified atom stereocenters. The van der Waals surface area contributed by atoms with Crippen molar-refractivity contribution in [3.63, 3.8) is 0 Å². The van der Waals surface area contributed by atoms with Crippen molar-refractivity contribution in [3.8, 4) is 5.75 Å². The third-order valence-electron chi connectivity index (χ3n) is 4.95. The molecule has 0 amide bonds. The first kappa shape index (κ1) is 12.6. The Labute approximate surface area is 118 Å². The summed E-state index contributed by atoms with van der Waals surface area (Å²) < 4.78 is 19.6. The van der Waals surface area contributed by atoms with E-state index in [0.717, 1.165) is 18.5 Å². The number of likely N-dealkylation sites (tertiary alicyclic amines) is 1. The number of halogens is 1. The van der Waals surface area contributed by atoms with Crippen LogP contribution in [0, 0.1) is 5.82 Å². The lowest BCUT2D eigenvalue weighted by Crippen LogP contribution is -2.44. The quantitative estimate of drug-likeness (QED) is 0.856. The van der Waals surface area contributed by atoms with Gasteiger partial charge in [-0.1, -0.05) is 0 Å². The molecule has 1 aromatic rings. The topological polar surface area (TPSA) is 32.7 Å². The maximum Gasteiger partial charge on any atom is 0.128 e. The third kappa shape index (κ3) is 1.93. The van der Waals surface area contributed by atoms with Gasteiger partial charge < -0.3 is 9.84 Å². The number of aliphatic hydroxyl groups excluding tert-OH is 1. The highest BCUT2D eigenvalue weighted by molar-refractivity contribution is 5.39. The standard InChI is InChI=1S/C16H20FNO2/c1-10-7-16(9-18(10)12-3-4-12)8-14(19)13-5-2-11(17)6-15(13)20-16/h2,5-6,10,12,14,19H,3-4,7-9H2,1H3/t10?,14-,16?/m1/s1. The highest BCUT2D eigenvalue weighted by Crippen LogP contribution is 2.47. The normalized spacial score (nSPS) is 37.0. The molecular formula is C16H20FNO2. The average Bonchev–Trinajstić information content (AvgIpc) is 3.15. The van der Waals surface area contributed by atoms with E-state index in [4.69, 9.17) is 4.74 Å². The van der Waals surface area contributed by atoms with E-state index in [2.05, 4.69) is 11.8 Å². The van der Waals surface area contributed by atoms with E-state index in [9.17, 15) is 9.50 Å². The second-order valence-corrected chi connectivity index (χ2v) is 6.64. The van der Waals surface area contributed by atoms with E-state index in [1.807, 2.05) is 0 Å². The van der Waals surface area contributed by atoms with Gasteiger partial charge in [-0.3, -0.25) is 4.90 Å². The molecule has 1 saturated carbocycles. The minimum atomic E-state index is -0.550. The molecular weight excluding hydrogens is 257 g/mol. The molecule has 1 aliphatic carbocycles. The smallest absolute Gasteiger partial charge is 0.128 e. The summed E-state index contributed by atoms with van der Waals surface area (Å²) in [5, 5.41) is 10.4. The Kier molecular flexibility index (Phi) is 2.63. The second kappa shape index (κ2) is 4.18. The van der Waals surface area contributed by atoms with Crippen LogP contribution >= 0.6 is 0 Å². The van der Waals surface area contributed by atoms with E-state index in [-0.39, 0.29) is 11.4 Å². The number of hydrogen-bond donors (Lipinski definition) is 1. The summed E-state index contributed by atoms with van der Waals surface area (Å²) in [6.07, 6.45) is 3.52. The summed E-state index contributed by atoms with van der Waals surface area (Å²) in [4.78, 5) is 2.50. The first-order valence-corrected chi connectivity index (χ1v) is 7.49. The Bertz CT molecular complexity index is 545. The van der Waals surface area contributed by atoms with Crippen LogP contribution in [0.15, 0.2) is 18.2 Å². The number of nitrogens with zero attached hydrogens (tertiary/aromatic N) is 1. The highest BCUT2D eigenvalue weighted by atomic mass is 19.1. The van der Waals surface area contributed by atoms with Gasteiger partial charge in [-0.05, 0) is 31.9 Å².